The highest BCUT2D eigenvalue weighted by molar-refractivity contribution is 5.58. The van der Waals surface area contributed by atoms with Crippen LogP contribution in [0, 0.1) is 0 Å². The third-order valence-electron chi connectivity index (χ3n) is 0.293. The summed E-state index contributed by atoms with van der Waals surface area (Å²) in [5.74, 6) is 0. The molecule has 0 atom stereocenters. The van der Waals surface area contributed by atoms with Gasteiger partial charge in [0.25, 0.3) is 0 Å². The Labute approximate surface area is 54.2 Å². The monoisotopic (exact) mass is 234 g/mol. The van der Waals surface area contributed by atoms with Crippen LogP contribution in [0.4, 0.5) is 4.79 Å². The molecule has 0 aromatic rings. The van der Waals surface area contributed by atoms with E-state index in [9.17, 15) is 11.7 Å². The van der Waals surface area contributed by atoms with Crippen molar-refractivity contribution >= 4 is 6.16 Å². The number of rotatable bonds is 1. The van der Waals surface area contributed by atoms with E-state index in [-0.39, 0.29) is 0 Å². The summed E-state index contributed by atoms with van der Waals surface area (Å²) >= 11 is -3.86. The van der Waals surface area contributed by atoms with Gasteiger partial charge in [0.05, 0.1) is 7.11 Å². The normalized spacial score (nSPS) is 9.00. The summed E-state index contributed by atoms with van der Waals surface area (Å²) in [6.45, 7) is 0. The molecule has 0 fully saturated rings. The van der Waals surface area contributed by atoms with Gasteiger partial charge in [-0.05, 0) is 0 Å². The smallest absolute Gasteiger partial charge is 0.432 e. The number of carbonyl (C=O) groups excluding carboxylic acids is 1. The fourth-order valence-corrected chi connectivity index (χ4v) is 0.556. The van der Waals surface area contributed by atoms with Crippen LogP contribution in [-0.2, 0) is 7.80 Å². The number of halogens is 1. The van der Waals surface area contributed by atoms with Crippen LogP contribution in [0.15, 0.2) is 0 Å². The fraction of sp³-hybridized carbons (Fsp3) is 0.500. The van der Waals surface area contributed by atoms with E-state index in [0.29, 0.717) is 0 Å². The molecular formula is C2H3IO5. The van der Waals surface area contributed by atoms with Crippen molar-refractivity contribution in [3.63, 3.8) is 0 Å². The molecule has 0 saturated carbocycles. The molecule has 0 N–H and O–H groups in total. The zero-order valence-corrected chi connectivity index (χ0v) is 6.08. The Morgan fingerprint density at radius 3 is 2.25 bits per heavy atom. The van der Waals surface area contributed by atoms with Crippen molar-refractivity contribution in [2.75, 3.05) is 7.11 Å². The molecule has 0 radical (unpaired) electrons. The summed E-state index contributed by atoms with van der Waals surface area (Å²) in [6.07, 6.45) is -1.18. The fourth-order valence-electron chi connectivity index (χ4n) is 0.0829. The summed E-state index contributed by atoms with van der Waals surface area (Å²) in [6, 6.07) is 0. The summed E-state index contributed by atoms with van der Waals surface area (Å²) in [5, 5.41) is 0. The first-order valence-electron chi connectivity index (χ1n) is 1.48. The van der Waals surface area contributed by atoms with Gasteiger partial charge in [0, 0.05) is 0 Å². The van der Waals surface area contributed by atoms with Crippen molar-refractivity contribution in [1.29, 1.82) is 0 Å². The first kappa shape index (κ1) is 7.92. The Balaban J connectivity index is 3.25. The number of hydrogen-bond acceptors (Lipinski definition) is 5. The molecule has 0 saturated heterocycles. The minimum atomic E-state index is -3.86. The van der Waals surface area contributed by atoms with Gasteiger partial charge in [0.2, 0.25) is 0 Å². The van der Waals surface area contributed by atoms with Crippen LogP contribution >= 0.6 is 0 Å². The lowest BCUT2D eigenvalue weighted by Crippen LogP contribution is -3.99. The van der Waals surface area contributed by atoms with E-state index in [1.54, 1.807) is 0 Å². The molecule has 0 rings (SSSR count). The predicted molar refractivity (Wildman–Crippen MR) is 13.5 cm³/mol. The standard InChI is InChI=1S/C2H3IO5/c1-7-2(4)8-3(5)6/h1H3. The highest BCUT2D eigenvalue weighted by atomic mass is 127. The zero-order valence-electron chi connectivity index (χ0n) is 3.92. The molecule has 0 heterocycles. The molecule has 5 nitrogen and oxygen atoms in total. The molecule has 0 aliphatic rings. The Morgan fingerprint density at radius 2 is 2.12 bits per heavy atom. The van der Waals surface area contributed by atoms with Gasteiger partial charge in [-0.15, -0.1) is 0 Å². The number of methoxy groups -OCH3 is 1. The van der Waals surface area contributed by atoms with Crippen molar-refractivity contribution in [3.05, 3.63) is 0 Å². The van der Waals surface area contributed by atoms with Crippen LogP contribution in [0.5, 0.6) is 0 Å². The van der Waals surface area contributed by atoms with E-state index < -0.39 is 27.2 Å². The third-order valence-corrected chi connectivity index (χ3v) is 1.01. The van der Waals surface area contributed by atoms with Crippen LogP contribution in [-0.4, -0.2) is 13.3 Å². The Kier molecular flexibility index (Phi) is 3.83. The highest BCUT2D eigenvalue weighted by Crippen LogP contribution is 1.66. The van der Waals surface area contributed by atoms with Crippen LogP contribution < -0.4 is 27.9 Å². The maximum Gasteiger partial charge on any atom is 0.595 e. The zero-order chi connectivity index (χ0) is 6.57. The van der Waals surface area contributed by atoms with Crippen molar-refractivity contribution in [2.45, 2.75) is 0 Å². The molecule has 0 aliphatic heterocycles. The summed E-state index contributed by atoms with van der Waals surface area (Å²) in [4.78, 5) is 9.82. The molecule has 48 valence electrons. The molecule has 0 amide bonds. The molecule has 0 aliphatic carbocycles. The van der Waals surface area contributed by atoms with E-state index in [2.05, 4.69) is 7.80 Å². The third kappa shape index (κ3) is 4.09. The molecule has 0 unspecified atom stereocenters. The van der Waals surface area contributed by atoms with Crippen molar-refractivity contribution in [2.24, 2.45) is 0 Å². The average molecular weight is 234 g/mol. The number of hydrogen-bond donors (Lipinski definition) is 0. The second-order valence-electron chi connectivity index (χ2n) is 0.720. The van der Waals surface area contributed by atoms with Crippen LogP contribution in [0.3, 0.4) is 0 Å². The lowest BCUT2D eigenvalue weighted by molar-refractivity contribution is -1.62. The Bertz CT molecular complexity index is 80.5. The first-order valence-corrected chi connectivity index (χ1v) is 4.13. The molecule has 0 bridgehead atoms. The second-order valence-corrected chi connectivity index (χ2v) is 2.24. The lowest BCUT2D eigenvalue weighted by atomic mass is 11.4. The van der Waals surface area contributed by atoms with Gasteiger partial charge in [-0.3, -0.25) is 0 Å². The van der Waals surface area contributed by atoms with Crippen LogP contribution in [0.25, 0.3) is 0 Å². The second kappa shape index (κ2) is 3.87. The van der Waals surface area contributed by atoms with Gasteiger partial charge in [-0.2, -0.15) is 4.79 Å². The lowest BCUT2D eigenvalue weighted by Gasteiger charge is -1.87. The predicted octanol–water partition coefficient (Wildman–Crippen LogP) is -5.14. The molecular weight excluding hydrogens is 231 g/mol. The molecule has 0 aromatic heterocycles. The average Bonchev–Trinajstić information content (AvgIpc) is 1.65. The van der Waals surface area contributed by atoms with Gasteiger partial charge < -0.3 is 11.6 Å². The van der Waals surface area contributed by atoms with Crippen molar-refractivity contribution < 1.29 is 40.5 Å². The van der Waals surface area contributed by atoms with Gasteiger partial charge in [-0.1, -0.05) is 3.07 Å². The largest absolute Gasteiger partial charge is 0.595 e. The Morgan fingerprint density at radius 1 is 1.62 bits per heavy atom. The van der Waals surface area contributed by atoms with Gasteiger partial charge in [-0.25, -0.2) is 0 Å². The number of ether oxygens (including phenoxy) is 1. The topological polar surface area (TPSA) is 81.7 Å². The number of carbonyl (C=O) groups is 1. The van der Waals surface area contributed by atoms with Crippen LogP contribution in [0.1, 0.15) is 0 Å². The van der Waals surface area contributed by atoms with Gasteiger partial charge in [0.15, 0.2) is 0 Å². The minimum absolute atomic E-state index is 1.03. The molecule has 6 heteroatoms. The summed E-state index contributed by atoms with van der Waals surface area (Å²) in [7, 11) is 1.03. The van der Waals surface area contributed by atoms with E-state index >= 15 is 0 Å². The quantitative estimate of drug-likeness (QED) is 0.334. The van der Waals surface area contributed by atoms with E-state index in [1.807, 2.05) is 0 Å². The highest BCUT2D eigenvalue weighted by Gasteiger charge is 2.20. The first-order chi connectivity index (χ1) is 3.66. The molecule has 0 aromatic carbocycles. The van der Waals surface area contributed by atoms with Crippen molar-refractivity contribution in [3.8, 4) is 0 Å². The van der Waals surface area contributed by atoms with Gasteiger partial charge >= 0.3 is 27.2 Å². The molecule has 8 heavy (non-hydrogen) atoms. The van der Waals surface area contributed by atoms with Crippen LogP contribution in [0.2, 0.25) is 0 Å². The Hall–Kier alpha value is -0.0800. The molecule has 0 spiro atoms. The van der Waals surface area contributed by atoms with Gasteiger partial charge in [0.1, 0.15) is 0 Å². The minimum Gasteiger partial charge on any atom is -0.432 e. The summed E-state index contributed by atoms with van der Waals surface area (Å²) < 4.78 is 26.6. The maximum atomic E-state index is 9.82. The van der Waals surface area contributed by atoms with Crippen molar-refractivity contribution in [1.82, 2.24) is 0 Å². The van der Waals surface area contributed by atoms with E-state index in [0.717, 1.165) is 7.11 Å². The maximum absolute atomic E-state index is 9.82. The van der Waals surface area contributed by atoms with E-state index in [4.69, 9.17) is 0 Å². The summed E-state index contributed by atoms with van der Waals surface area (Å²) in [5.41, 5.74) is 0. The van der Waals surface area contributed by atoms with E-state index in [1.165, 1.54) is 0 Å². The SMILES string of the molecule is COC(=O)O[I+2]([O-])[O-].